The van der Waals surface area contributed by atoms with Crippen molar-refractivity contribution in [2.45, 2.75) is 20.4 Å². The summed E-state index contributed by atoms with van der Waals surface area (Å²) in [7, 11) is 1.92. The fourth-order valence-corrected chi connectivity index (χ4v) is 2.53. The summed E-state index contributed by atoms with van der Waals surface area (Å²) in [4.78, 5) is 14.3. The summed E-state index contributed by atoms with van der Waals surface area (Å²) in [5, 5.41) is 4.47. The minimum absolute atomic E-state index is 0.226. The molecule has 0 atom stereocenters. The Hall–Kier alpha value is -1.81. The molecule has 2 aromatic rings. The monoisotopic (exact) mass is 305 g/mol. The van der Waals surface area contributed by atoms with E-state index in [2.05, 4.69) is 18.9 Å². The second kappa shape index (κ2) is 6.76. The number of halogens is 1. The van der Waals surface area contributed by atoms with Crippen molar-refractivity contribution in [1.29, 1.82) is 0 Å². The summed E-state index contributed by atoms with van der Waals surface area (Å²) in [6, 6.07) is 9.73. The SMILES string of the molecule is CC(C)CN(C)c1cnn(Cc2ccccc2)c(=O)c1Cl. The molecule has 112 valence electrons. The van der Waals surface area contributed by atoms with Crippen molar-refractivity contribution in [2.75, 3.05) is 18.5 Å². The van der Waals surface area contributed by atoms with E-state index in [1.165, 1.54) is 4.68 Å². The molecule has 0 saturated carbocycles. The number of rotatable bonds is 5. The first-order valence-corrected chi connectivity index (χ1v) is 7.37. The molecule has 1 aromatic carbocycles. The first-order valence-electron chi connectivity index (χ1n) is 6.99. The largest absolute Gasteiger partial charge is 0.372 e. The Labute approximate surface area is 130 Å². The zero-order valence-corrected chi connectivity index (χ0v) is 13.3. The molecule has 0 N–H and O–H groups in total. The van der Waals surface area contributed by atoms with Gasteiger partial charge in [0, 0.05) is 13.6 Å². The third kappa shape index (κ3) is 3.85. The van der Waals surface area contributed by atoms with Gasteiger partial charge in [0.05, 0.1) is 18.4 Å². The molecular weight excluding hydrogens is 286 g/mol. The van der Waals surface area contributed by atoms with Gasteiger partial charge >= 0.3 is 0 Å². The fraction of sp³-hybridized carbons (Fsp3) is 0.375. The van der Waals surface area contributed by atoms with E-state index < -0.39 is 0 Å². The van der Waals surface area contributed by atoms with Gasteiger partial charge in [-0.25, -0.2) is 4.68 Å². The highest BCUT2D eigenvalue weighted by molar-refractivity contribution is 6.33. The molecule has 21 heavy (non-hydrogen) atoms. The lowest BCUT2D eigenvalue weighted by atomic mass is 10.2. The summed E-state index contributed by atoms with van der Waals surface area (Å²) in [6.07, 6.45) is 1.66. The molecule has 1 aromatic heterocycles. The molecule has 2 rings (SSSR count). The predicted molar refractivity (Wildman–Crippen MR) is 87.2 cm³/mol. The van der Waals surface area contributed by atoms with Crippen LogP contribution in [-0.2, 0) is 6.54 Å². The lowest BCUT2D eigenvalue weighted by Gasteiger charge is -2.22. The van der Waals surface area contributed by atoms with Gasteiger partial charge in [0.25, 0.3) is 5.56 Å². The molecule has 0 bridgehead atoms. The van der Waals surface area contributed by atoms with E-state index in [-0.39, 0.29) is 10.6 Å². The highest BCUT2D eigenvalue weighted by atomic mass is 35.5. The third-order valence-corrected chi connectivity index (χ3v) is 3.55. The smallest absolute Gasteiger partial charge is 0.287 e. The van der Waals surface area contributed by atoms with Crippen LogP contribution in [0.25, 0.3) is 0 Å². The van der Waals surface area contributed by atoms with Gasteiger partial charge in [-0.2, -0.15) is 5.10 Å². The fourth-order valence-electron chi connectivity index (χ4n) is 2.24. The second-order valence-electron chi connectivity index (χ2n) is 5.57. The van der Waals surface area contributed by atoms with Crippen LogP contribution in [0.5, 0.6) is 0 Å². The van der Waals surface area contributed by atoms with Gasteiger partial charge in [-0.3, -0.25) is 4.79 Å². The number of aromatic nitrogens is 2. The van der Waals surface area contributed by atoms with Gasteiger partial charge in [0.15, 0.2) is 0 Å². The molecule has 0 radical (unpaired) electrons. The van der Waals surface area contributed by atoms with E-state index in [4.69, 9.17) is 11.6 Å². The summed E-state index contributed by atoms with van der Waals surface area (Å²) in [5.41, 5.74) is 1.44. The first-order chi connectivity index (χ1) is 9.99. The first kappa shape index (κ1) is 15.6. The molecule has 1 heterocycles. The van der Waals surface area contributed by atoms with E-state index in [9.17, 15) is 4.79 Å². The highest BCUT2D eigenvalue weighted by Gasteiger charge is 2.13. The third-order valence-electron chi connectivity index (χ3n) is 3.19. The van der Waals surface area contributed by atoms with E-state index in [1.54, 1.807) is 6.20 Å². The van der Waals surface area contributed by atoms with Crippen molar-refractivity contribution in [3.8, 4) is 0 Å². The van der Waals surface area contributed by atoms with Gasteiger partial charge in [0.2, 0.25) is 0 Å². The lowest BCUT2D eigenvalue weighted by Crippen LogP contribution is -2.29. The molecule has 0 saturated heterocycles. The molecular formula is C16H20ClN3O. The predicted octanol–water partition coefficient (Wildman–Crippen LogP) is 3.04. The molecule has 0 aliphatic heterocycles. The maximum absolute atomic E-state index is 12.3. The average molecular weight is 306 g/mol. The number of benzene rings is 1. The van der Waals surface area contributed by atoms with Crippen LogP contribution < -0.4 is 10.5 Å². The maximum Gasteiger partial charge on any atom is 0.287 e. The number of anilines is 1. The van der Waals surface area contributed by atoms with Gasteiger partial charge < -0.3 is 4.90 Å². The summed E-state index contributed by atoms with van der Waals surface area (Å²) >= 11 is 6.23. The molecule has 0 fully saturated rings. The Balaban J connectivity index is 2.27. The van der Waals surface area contributed by atoms with Crippen LogP contribution in [0.15, 0.2) is 41.3 Å². The zero-order valence-electron chi connectivity index (χ0n) is 12.6. The van der Waals surface area contributed by atoms with Gasteiger partial charge in [-0.15, -0.1) is 0 Å². The average Bonchev–Trinajstić information content (AvgIpc) is 2.44. The number of hydrogen-bond donors (Lipinski definition) is 0. The standard InChI is InChI=1S/C16H20ClN3O/c1-12(2)10-19(3)14-9-18-20(16(21)15(14)17)11-13-7-5-4-6-8-13/h4-9,12H,10-11H2,1-3H3. The molecule has 0 spiro atoms. The molecule has 4 nitrogen and oxygen atoms in total. The van der Waals surface area contributed by atoms with E-state index in [1.807, 2.05) is 42.3 Å². The van der Waals surface area contributed by atoms with Crippen LogP contribution in [0.2, 0.25) is 5.02 Å². The Morgan fingerprint density at radius 1 is 1.29 bits per heavy atom. The number of nitrogens with zero attached hydrogens (tertiary/aromatic N) is 3. The summed E-state index contributed by atoms with van der Waals surface area (Å²) in [6.45, 7) is 5.49. The van der Waals surface area contributed by atoms with Crippen LogP contribution in [0.3, 0.4) is 0 Å². The van der Waals surface area contributed by atoms with Gasteiger partial charge in [-0.05, 0) is 11.5 Å². The second-order valence-corrected chi connectivity index (χ2v) is 5.94. The van der Waals surface area contributed by atoms with Crippen molar-refractivity contribution in [3.63, 3.8) is 0 Å². The van der Waals surface area contributed by atoms with Gasteiger partial charge in [-0.1, -0.05) is 55.8 Å². The summed E-state index contributed by atoms with van der Waals surface area (Å²) < 4.78 is 1.39. The lowest BCUT2D eigenvalue weighted by molar-refractivity contribution is 0.620. The van der Waals surface area contributed by atoms with Crippen LogP contribution in [0.1, 0.15) is 19.4 Å². The number of hydrogen-bond acceptors (Lipinski definition) is 3. The van der Waals surface area contributed by atoms with E-state index in [0.717, 1.165) is 12.1 Å². The van der Waals surface area contributed by atoms with Crippen molar-refractivity contribution < 1.29 is 0 Å². The summed E-state index contributed by atoms with van der Waals surface area (Å²) in [5.74, 6) is 0.484. The van der Waals surface area contributed by atoms with Crippen molar-refractivity contribution in [1.82, 2.24) is 9.78 Å². The topological polar surface area (TPSA) is 38.1 Å². The van der Waals surface area contributed by atoms with Crippen molar-refractivity contribution in [3.05, 3.63) is 57.5 Å². The Morgan fingerprint density at radius 2 is 1.95 bits per heavy atom. The molecule has 0 unspecified atom stereocenters. The van der Waals surface area contributed by atoms with Crippen molar-refractivity contribution in [2.24, 2.45) is 5.92 Å². The van der Waals surface area contributed by atoms with Crippen LogP contribution in [0, 0.1) is 5.92 Å². The maximum atomic E-state index is 12.3. The van der Waals surface area contributed by atoms with Gasteiger partial charge in [0.1, 0.15) is 5.02 Å². The minimum atomic E-state index is -0.256. The quantitative estimate of drug-likeness (QED) is 0.852. The Kier molecular flexibility index (Phi) is 5.02. The molecule has 0 aliphatic rings. The molecule has 0 amide bonds. The van der Waals surface area contributed by atoms with E-state index >= 15 is 0 Å². The minimum Gasteiger partial charge on any atom is -0.372 e. The van der Waals surface area contributed by atoms with Crippen LogP contribution in [0.4, 0.5) is 5.69 Å². The Morgan fingerprint density at radius 3 is 2.57 bits per heavy atom. The normalized spacial score (nSPS) is 10.9. The van der Waals surface area contributed by atoms with Crippen LogP contribution in [-0.4, -0.2) is 23.4 Å². The molecule has 5 heteroatoms. The van der Waals surface area contributed by atoms with Crippen molar-refractivity contribution >= 4 is 17.3 Å². The zero-order chi connectivity index (χ0) is 15.4. The highest BCUT2D eigenvalue weighted by Crippen LogP contribution is 2.20. The van der Waals surface area contributed by atoms with Crippen LogP contribution >= 0.6 is 11.6 Å². The Bertz CT molecular complexity index is 652. The molecule has 0 aliphatic carbocycles. The van der Waals surface area contributed by atoms with E-state index in [0.29, 0.717) is 18.2 Å².